The smallest absolute Gasteiger partial charge is 0.236 e. The van der Waals surface area contributed by atoms with Gasteiger partial charge in [-0.2, -0.15) is 0 Å². The molecular weight excluding hydrogens is 332 g/mol. The number of carbonyl (C=O) groups excluding carboxylic acids is 1. The number of benzene rings is 1. The molecule has 0 unspecified atom stereocenters. The first-order chi connectivity index (χ1) is 11.1. The first-order valence-electron chi connectivity index (χ1n) is 6.83. The highest BCUT2D eigenvalue weighted by atomic mass is 32.2. The van der Waals surface area contributed by atoms with E-state index >= 15 is 0 Å². The molecule has 2 heterocycles. The number of aromatic nitrogens is 5. The molecule has 1 aromatic carbocycles. The average molecular weight is 346 g/mol. The largest absolute Gasteiger partial charge is 0.300 e. The molecule has 3 rings (SSSR count). The monoisotopic (exact) mass is 346 g/mol. The van der Waals surface area contributed by atoms with Crippen molar-refractivity contribution < 1.29 is 4.79 Å². The molecule has 0 aliphatic rings. The van der Waals surface area contributed by atoms with Gasteiger partial charge in [-0.3, -0.25) is 14.7 Å². The van der Waals surface area contributed by atoms with E-state index in [4.69, 9.17) is 0 Å². The number of anilines is 1. The van der Waals surface area contributed by atoms with Crippen LogP contribution in [0.5, 0.6) is 0 Å². The molecule has 0 bridgehead atoms. The van der Waals surface area contributed by atoms with Crippen molar-refractivity contribution in [1.82, 2.24) is 25.0 Å². The molecule has 0 fully saturated rings. The molecule has 1 N–H and O–H groups in total. The molecule has 9 heteroatoms. The Kier molecular flexibility index (Phi) is 4.68. The summed E-state index contributed by atoms with van der Waals surface area (Å²) in [5.74, 6) is 0.856. The zero-order valence-corrected chi connectivity index (χ0v) is 14.2. The van der Waals surface area contributed by atoms with Gasteiger partial charge < -0.3 is 0 Å². The molecule has 0 saturated carbocycles. The molecule has 0 saturated heterocycles. The number of nitrogens with one attached hydrogen (secondary N) is 1. The molecule has 0 atom stereocenters. The third-order valence-corrected chi connectivity index (χ3v) is 4.60. The van der Waals surface area contributed by atoms with Crippen LogP contribution in [-0.4, -0.2) is 36.6 Å². The quantitative estimate of drug-likeness (QED) is 0.714. The molecule has 0 aliphatic heterocycles. The Morgan fingerprint density at radius 3 is 2.65 bits per heavy atom. The molecule has 2 aromatic heterocycles. The number of rotatable bonds is 5. The summed E-state index contributed by atoms with van der Waals surface area (Å²) in [6.45, 7) is 3.72. The van der Waals surface area contributed by atoms with Gasteiger partial charge in [-0.1, -0.05) is 41.3 Å². The molecule has 23 heavy (non-hydrogen) atoms. The van der Waals surface area contributed by atoms with Crippen molar-refractivity contribution in [1.29, 1.82) is 0 Å². The molecule has 0 spiro atoms. The Bertz CT molecular complexity index is 814. The Labute approximate surface area is 141 Å². The second kappa shape index (κ2) is 6.88. The summed E-state index contributed by atoms with van der Waals surface area (Å²) in [6, 6.07) is 9.81. The summed E-state index contributed by atoms with van der Waals surface area (Å²) >= 11 is 2.68. The SMILES string of the molecule is Cc1nnc(NC(=O)CSc2nnc(C)n2-c2ccccc2)s1. The first kappa shape index (κ1) is 15.6. The highest BCUT2D eigenvalue weighted by Gasteiger charge is 2.14. The van der Waals surface area contributed by atoms with E-state index in [0.717, 1.165) is 16.5 Å². The minimum Gasteiger partial charge on any atom is -0.300 e. The maximum Gasteiger partial charge on any atom is 0.236 e. The maximum atomic E-state index is 12.0. The van der Waals surface area contributed by atoms with Crippen LogP contribution in [0.3, 0.4) is 0 Å². The van der Waals surface area contributed by atoms with Crippen molar-refractivity contribution in [2.75, 3.05) is 11.1 Å². The van der Waals surface area contributed by atoms with Crippen molar-refractivity contribution in [3.8, 4) is 5.69 Å². The summed E-state index contributed by atoms with van der Waals surface area (Å²) in [4.78, 5) is 12.0. The van der Waals surface area contributed by atoms with Gasteiger partial charge in [0.05, 0.1) is 5.75 Å². The van der Waals surface area contributed by atoms with E-state index in [1.54, 1.807) is 0 Å². The number of hydrogen-bond donors (Lipinski definition) is 1. The highest BCUT2D eigenvalue weighted by molar-refractivity contribution is 7.99. The van der Waals surface area contributed by atoms with Crippen molar-refractivity contribution >= 4 is 34.1 Å². The fourth-order valence-corrected chi connectivity index (χ4v) is 3.35. The van der Waals surface area contributed by atoms with Crippen LogP contribution in [-0.2, 0) is 4.79 Å². The lowest BCUT2D eigenvalue weighted by Crippen LogP contribution is -2.14. The molecule has 0 aliphatic carbocycles. The topological polar surface area (TPSA) is 85.6 Å². The van der Waals surface area contributed by atoms with Crippen LogP contribution in [0, 0.1) is 13.8 Å². The van der Waals surface area contributed by atoms with Crippen LogP contribution in [0.1, 0.15) is 10.8 Å². The maximum absolute atomic E-state index is 12.0. The average Bonchev–Trinajstić information content (AvgIpc) is 3.12. The Balaban J connectivity index is 1.68. The number of hydrogen-bond acceptors (Lipinski definition) is 7. The summed E-state index contributed by atoms with van der Waals surface area (Å²) in [6.07, 6.45) is 0. The molecule has 0 radical (unpaired) electrons. The number of aryl methyl sites for hydroxylation is 2. The van der Waals surface area contributed by atoms with Gasteiger partial charge in [0.1, 0.15) is 10.8 Å². The van der Waals surface area contributed by atoms with Crippen molar-refractivity contribution in [2.24, 2.45) is 0 Å². The van der Waals surface area contributed by atoms with Gasteiger partial charge in [0, 0.05) is 5.69 Å². The summed E-state index contributed by atoms with van der Waals surface area (Å²) in [7, 11) is 0. The lowest BCUT2D eigenvalue weighted by atomic mass is 10.3. The van der Waals surface area contributed by atoms with Gasteiger partial charge in [-0.15, -0.1) is 20.4 Å². The van der Waals surface area contributed by atoms with Gasteiger partial charge in [0.2, 0.25) is 11.0 Å². The van der Waals surface area contributed by atoms with E-state index in [2.05, 4.69) is 25.7 Å². The Morgan fingerprint density at radius 2 is 1.96 bits per heavy atom. The van der Waals surface area contributed by atoms with E-state index in [-0.39, 0.29) is 11.7 Å². The van der Waals surface area contributed by atoms with Crippen molar-refractivity contribution in [3.63, 3.8) is 0 Å². The van der Waals surface area contributed by atoms with Gasteiger partial charge in [0.25, 0.3) is 0 Å². The highest BCUT2D eigenvalue weighted by Crippen LogP contribution is 2.22. The number of thioether (sulfide) groups is 1. The minimum atomic E-state index is -0.147. The van der Waals surface area contributed by atoms with E-state index in [1.807, 2.05) is 48.7 Å². The predicted molar refractivity (Wildman–Crippen MR) is 90.1 cm³/mol. The number of amides is 1. The van der Waals surface area contributed by atoms with Crippen LogP contribution in [0.15, 0.2) is 35.5 Å². The van der Waals surface area contributed by atoms with Crippen LogP contribution in [0.4, 0.5) is 5.13 Å². The predicted octanol–water partition coefficient (Wildman–Crippen LogP) is 2.47. The molecule has 3 aromatic rings. The minimum absolute atomic E-state index is 0.147. The van der Waals surface area contributed by atoms with Gasteiger partial charge in [0.15, 0.2) is 5.16 Å². The fourth-order valence-electron chi connectivity index (χ4n) is 1.94. The van der Waals surface area contributed by atoms with E-state index in [1.165, 1.54) is 23.1 Å². The van der Waals surface area contributed by atoms with Gasteiger partial charge >= 0.3 is 0 Å². The number of carbonyl (C=O) groups is 1. The van der Waals surface area contributed by atoms with Crippen molar-refractivity contribution in [3.05, 3.63) is 41.2 Å². The number of para-hydroxylation sites is 1. The van der Waals surface area contributed by atoms with Crippen LogP contribution < -0.4 is 5.32 Å². The Morgan fingerprint density at radius 1 is 1.17 bits per heavy atom. The van der Waals surface area contributed by atoms with Crippen LogP contribution in [0.25, 0.3) is 5.69 Å². The Hall–Kier alpha value is -2.26. The van der Waals surface area contributed by atoms with E-state index in [0.29, 0.717) is 10.3 Å². The molecule has 1 amide bonds. The second-order valence-corrected chi connectivity index (χ2v) is 6.79. The third-order valence-electron chi connectivity index (χ3n) is 2.91. The second-order valence-electron chi connectivity index (χ2n) is 4.66. The van der Waals surface area contributed by atoms with Crippen LogP contribution >= 0.6 is 23.1 Å². The zero-order valence-electron chi connectivity index (χ0n) is 12.6. The van der Waals surface area contributed by atoms with E-state index in [9.17, 15) is 4.79 Å². The van der Waals surface area contributed by atoms with Gasteiger partial charge in [-0.05, 0) is 26.0 Å². The van der Waals surface area contributed by atoms with Crippen LogP contribution in [0.2, 0.25) is 0 Å². The fraction of sp³-hybridized carbons (Fsp3) is 0.214. The molecular formula is C14H14N6OS2. The van der Waals surface area contributed by atoms with E-state index < -0.39 is 0 Å². The molecule has 7 nitrogen and oxygen atoms in total. The van der Waals surface area contributed by atoms with Crippen molar-refractivity contribution in [2.45, 2.75) is 19.0 Å². The summed E-state index contributed by atoms with van der Waals surface area (Å²) < 4.78 is 1.92. The lowest BCUT2D eigenvalue weighted by Gasteiger charge is -2.07. The number of nitrogens with zero attached hydrogens (tertiary/aromatic N) is 5. The molecule has 118 valence electrons. The first-order valence-corrected chi connectivity index (χ1v) is 8.64. The standard InChI is InChI=1S/C14H14N6OS2/c1-9-16-19-14(20(9)11-6-4-3-5-7-11)22-8-12(21)15-13-18-17-10(2)23-13/h3-7H,8H2,1-2H3,(H,15,18,21). The van der Waals surface area contributed by atoms with Gasteiger partial charge in [-0.25, -0.2) is 0 Å². The third kappa shape index (κ3) is 3.74. The lowest BCUT2D eigenvalue weighted by molar-refractivity contribution is -0.113. The zero-order chi connectivity index (χ0) is 16.2. The summed E-state index contributed by atoms with van der Waals surface area (Å²) in [5, 5.41) is 20.7. The normalized spacial score (nSPS) is 10.7. The summed E-state index contributed by atoms with van der Waals surface area (Å²) in [5.41, 5.74) is 0.970.